The van der Waals surface area contributed by atoms with Gasteiger partial charge in [-0.15, -0.1) is 0 Å². The number of ketones is 1. The number of rotatable bonds is 6. The number of benzene rings is 1. The highest BCUT2D eigenvalue weighted by Gasteiger charge is 2.23. The number of aromatic amines is 1. The molecule has 0 bridgehead atoms. The van der Waals surface area contributed by atoms with E-state index in [1.54, 1.807) is 13.2 Å². The number of H-pyrrole nitrogens is 1. The molecular formula is C21H21ClN2O2. The molecule has 3 rings (SSSR count). The van der Waals surface area contributed by atoms with Crippen molar-refractivity contribution in [2.45, 2.75) is 26.7 Å². The molecule has 4 nitrogen and oxygen atoms in total. The van der Waals surface area contributed by atoms with Crippen LogP contribution in [-0.4, -0.2) is 22.9 Å². The average molecular weight is 369 g/mol. The zero-order valence-electron chi connectivity index (χ0n) is 15.1. The minimum atomic E-state index is -0.112. The van der Waals surface area contributed by atoms with Crippen LogP contribution in [0.1, 0.15) is 36.3 Å². The molecule has 0 aliphatic carbocycles. The first-order valence-electron chi connectivity index (χ1n) is 8.57. The van der Waals surface area contributed by atoms with Gasteiger partial charge in [0.15, 0.2) is 0 Å². The molecule has 134 valence electrons. The summed E-state index contributed by atoms with van der Waals surface area (Å²) in [7, 11) is 1.55. The molecule has 0 amide bonds. The van der Waals surface area contributed by atoms with Crippen molar-refractivity contribution in [3.63, 3.8) is 0 Å². The number of ether oxygens (including phenoxy) is 1. The quantitative estimate of drug-likeness (QED) is 0.455. The van der Waals surface area contributed by atoms with Gasteiger partial charge in [-0.3, -0.25) is 4.79 Å². The lowest BCUT2D eigenvalue weighted by molar-refractivity contribution is 0.102. The van der Waals surface area contributed by atoms with Crippen molar-refractivity contribution < 1.29 is 9.53 Å². The van der Waals surface area contributed by atoms with E-state index in [2.05, 4.69) is 35.6 Å². The Morgan fingerprint density at radius 2 is 2.08 bits per heavy atom. The van der Waals surface area contributed by atoms with E-state index in [1.165, 1.54) is 11.8 Å². The number of Topliss-reactive ketones (excluding diaryl/α,β-unsaturated/α-hetero) is 1. The van der Waals surface area contributed by atoms with Crippen molar-refractivity contribution >= 4 is 28.3 Å². The first kappa shape index (κ1) is 18.2. The molecule has 3 aromatic rings. The summed E-state index contributed by atoms with van der Waals surface area (Å²) in [5, 5.41) is 1.42. The molecule has 5 heteroatoms. The second kappa shape index (κ2) is 7.34. The van der Waals surface area contributed by atoms with Crippen LogP contribution in [0.4, 0.5) is 0 Å². The highest BCUT2D eigenvalue weighted by molar-refractivity contribution is 6.31. The Labute approximate surface area is 157 Å². The molecule has 26 heavy (non-hydrogen) atoms. The fraction of sp³-hybridized carbons (Fsp3) is 0.238. The monoisotopic (exact) mass is 368 g/mol. The lowest BCUT2D eigenvalue weighted by Gasteiger charge is -2.10. The summed E-state index contributed by atoms with van der Waals surface area (Å²) in [6.45, 7) is 7.92. The number of allylic oxidation sites excluding steroid dienone is 1. The van der Waals surface area contributed by atoms with E-state index in [9.17, 15) is 4.79 Å². The van der Waals surface area contributed by atoms with E-state index in [0.29, 0.717) is 34.2 Å². The maximum Gasteiger partial charge on any atom is 0.221 e. The van der Waals surface area contributed by atoms with Crippen molar-refractivity contribution in [2.24, 2.45) is 0 Å². The number of methoxy groups -OCH3 is 1. The van der Waals surface area contributed by atoms with Crippen molar-refractivity contribution in [3.05, 3.63) is 58.9 Å². The Morgan fingerprint density at radius 3 is 2.73 bits per heavy atom. The van der Waals surface area contributed by atoms with Crippen LogP contribution in [0.15, 0.2) is 42.6 Å². The van der Waals surface area contributed by atoms with Crippen LogP contribution in [0.2, 0.25) is 5.02 Å². The third-order valence-electron chi connectivity index (χ3n) is 4.53. The van der Waals surface area contributed by atoms with Crippen LogP contribution < -0.4 is 4.74 Å². The Hall–Kier alpha value is -2.59. The second-order valence-electron chi connectivity index (χ2n) is 6.11. The largest absolute Gasteiger partial charge is 0.481 e. The van der Waals surface area contributed by atoms with Gasteiger partial charge in [0.25, 0.3) is 0 Å². The first-order valence-corrected chi connectivity index (χ1v) is 8.94. The summed E-state index contributed by atoms with van der Waals surface area (Å²) in [6, 6.07) is 7.92. The van der Waals surface area contributed by atoms with Gasteiger partial charge >= 0.3 is 0 Å². The number of aromatic nitrogens is 2. The maximum atomic E-state index is 13.0. The Kier molecular flexibility index (Phi) is 5.14. The number of fused-ring (bicyclic) bond motifs is 1. The lowest BCUT2D eigenvalue weighted by Crippen LogP contribution is -2.04. The van der Waals surface area contributed by atoms with Crippen LogP contribution in [0.25, 0.3) is 22.0 Å². The fourth-order valence-electron chi connectivity index (χ4n) is 3.01. The van der Waals surface area contributed by atoms with E-state index in [1.807, 2.05) is 13.0 Å². The highest BCUT2D eigenvalue weighted by atomic mass is 35.5. The van der Waals surface area contributed by atoms with Gasteiger partial charge in [0.1, 0.15) is 0 Å². The predicted molar refractivity (Wildman–Crippen MR) is 106 cm³/mol. The topological polar surface area (TPSA) is 55.0 Å². The van der Waals surface area contributed by atoms with Crippen molar-refractivity contribution in [1.82, 2.24) is 9.97 Å². The number of aryl methyl sites for hydroxylation is 1. The number of hydrogen-bond donors (Lipinski definition) is 1. The molecule has 0 saturated carbocycles. The molecule has 0 fully saturated rings. The Balaban J connectivity index is 2.39. The molecule has 0 unspecified atom stereocenters. The normalized spacial score (nSPS) is 10.9. The maximum absolute atomic E-state index is 13.0. The SMILES string of the molecule is C=C(CC)C(=O)c1[nH]c2ccc(CC)cc2c1-c1cc(Cl)cnc1OC. The highest BCUT2D eigenvalue weighted by Crippen LogP contribution is 2.39. The van der Waals surface area contributed by atoms with E-state index >= 15 is 0 Å². The van der Waals surface area contributed by atoms with Gasteiger partial charge in [-0.1, -0.05) is 38.1 Å². The summed E-state index contributed by atoms with van der Waals surface area (Å²) < 4.78 is 5.43. The lowest BCUT2D eigenvalue weighted by atomic mass is 9.97. The first-order chi connectivity index (χ1) is 12.5. The van der Waals surface area contributed by atoms with Gasteiger partial charge in [0.2, 0.25) is 11.7 Å². The van der Waals surface area contributed by atoms with Gasteiger partial charge in [-0.2, -0.15) is 0 Å². The third kappa shape index (κ3) is 3.13. The molecule has 2 aromatic heterocycles. The zero-order chi connectivity index (χ0) is 18.8. The number of halogens is 1. The van der Waals surface area contributed by atoms with E-state index < -0.39 is 0 Å². The summed E-state index contributed by atoms with van der Waals surface area (Å²) in [6.07, 6.45) is 3.01. The number of hydrogen-bond acceptors (Lipinski definition) is 3. The van der Waals surface area contributed by atoms with Gasteiger partial charge in [0, 0.05) is 28.2 Å². The summed E-state index contributed by atoms with van der Waals surface area (Å²) in [4.78, 5) is 20.5. The predicted octanol–water partition coefficient (Wildman–Crippen LogP) is 5.60. The fourth-order valence-corrected chi connectivity index (χ4v) is 3.17. The van der Waals surface area contributed by atoms with Crippen molar-refractivity contribution in [1.29, 1.82) is 0 Å². The molecule has 0 aliphatic rings. The molecule has 0 radical (unpaired) electrons. The number of carbonyl (C=O) groups is 1. The molecule has 0 atom stereocenters. The number of pyridine rings is 1. The summed E-state index contributed by atoms with van der Waals surface area (Å²) in [5.74, 6) is 0.312. The van der Waals surface area contributed by atoms with Crippen LogP contribution in [0.5, 0.6) is 5.88 Å². The molecule has 2 heterocycles. The zero-order valence-corrected chi connectivity index (χ0v) is 15.9. The molecule has 1 N–H and O–H groups in total. The second-order valence-corrected chi connectivity index (χ2v) is 6.54. The van der Waals surface area contributed by atoms with E-state index in [4.69, 9.17) is 16.3 Å². The van der Waals surface area contributed by atoms with Crippen LogP contribution in [0.3, 0.4) is 0 Å². The van der Waals surface area contributed by atoms with Gasteiger partial charge in [0.05, 0.1) is 17.8 Å². The standard InChI is InChI=1S/C21H21ClN2O2/c1-5-12(3)20(25)19-18(16-10-14(22)11-23-21(16)26-4)15-9-13(6-2)7-8-17(15)24-19/h7-11,24H,3,5-6H2,1-2,4H3. The molecular weight excluding hydrogens is 348 g/mol. The third-order valence-corrected chi connectivity index (χ3v) is 4.73. The minimum Gasteiger partial charge on any atom is -0.481 e. The van der Waals surface area contributed by atoms with Gasteiger partial charge < -0.3 is 9.72 Å². The van der Waals surface area contributed by atoms with Crippen LogP contribution >= 0.6 is 11.6 Å². The Morgan fingerprint density at radius 1 is 1.31 bits per heavy atom. The van der Waals surface area contributed by atoms with Gasteiger partial charge in [-0.25, -0.2) is 4.98 Å². The number of carbonyl (C=O) groups excluding carboxylic acids is 1. The van der Waals surface area contributed by atoms with Crippen LogP contribution in [-0.2, 0) is 6.42 Å². The smallest absolute Gasteiger partial charge is 0.221 e. The van der Waals surface area contributed by atoms with Crippen molar-refractivity contribution in [2.75, 3.05) is 7.11 Å². The molecule has 0 aliphatic heterocycles. The van der Waals surface area contributed by atoms with E-state index in [0.717, 1.165) is 22.9 Å². The number of nitrogens with one attached hydrogen (secondary N) is 1. The summed E-state index contributed by atoms with van der Waals surface area (Å²) in [5.41, 5.74) is 4.53. The minimum absolute atomic E-state index is 0.112. The summed E-state index contributed by atoms with van der Waals surface area (Å²) >= 11 is 6.19. The molecule has 1 aromatic carbocycles. The van der Waals surface area contributed by atoms with Crippen molar-refractivity contribution in [3.8, 4) is 17.0 Å². The molecule has 0 spiro atoms. The Bertz CT molecular complexity index is 1000. The van der Waals surface area contributed by atoms with E-state index in [-0.39, 0.29) is 5.78 Å². The number of nitrogens with zero attached hydrogens (tertiary/aromatic N) is 1. The molecule has 0 saturated heterocycles. The van der Waals surface area contributed by atoms with Gasteiger partial charge in [-0.05, 0) is 42.2 Å². The van der Waals surface area contributed by atoms with Crippen LogP contribution in [0, 0.1) is 0 Å². The average Bonchev–Trinajstić information content (AvgIpc) is 3.04.